The van der Waals surface area contributed by atoms with Gasteiger partial charge in [-0.1, -0.05) is 37.3 Å². The molecule has 0 aromatic heterocycles. The Hall–Kier alpha value is -2.66. The smallest absolute Gasteiger partial charge is 0.226 e. The summed E-state index contributed by atoms with van der Waals surface area (Å²) in [6.07, 6.45) is 2.16. The largest absolute Gasteiger partial charge is 0.457 e. The zero-order valence-electron chi connectivity index (χ0n) is 17.4. The maximum absolute atomic E-state index is 13.1. The second kappa shape index (κ2) is 9.70. The molecule has 0 bridgehead atoms. The van der Waals surface area contributed by atoms with Crippen molar-refractivity contribution in [3.8, 4) is 11.5 Å². The van der Waals surface area contributed by atoms with Crippen LogP contribution in [0.1, 0.15) is 44.7 Å². The minimum absolute atomic E-state index is 0.0288. The molecule has 0 spiro atoms. The Balaban J connectivity index is 1.71. The second-order valence-corrected chi connectivity index (χ2v) is 7.76. The number of ketones is 1. The van der Waals surface area contributed by atoms with E-state index in [1.807, 2.05) is 73.3 Å². The fourth-order valence-corrected chi connectivity index (χ4v) is 3.80. The predicted molar refractivity (Wildman–Crippen MR) is 114 cm³/mol. The number of benzene rings is 2. The van der Waals surface area contributed by atoms with Gasteiger partial charge in [-0.2, -0.15) is 0 Å². The van der Waals surface area contributed by atoms with Gasteiger partial charge < -0.3 is 15.0 Å². The van der Waals surface area contributed by atoms with Crippen LogP contribution in [0.4, 0.5) is 0 Å². The van der Waals surface area contributed by atoms with Crippen molar-refractivity contribution in [3.63, 3.8) is 0 Å². The summed E-state index contributed by atoms with van der Waals surface area (Å²) in [6.45, 7) is 4.41. The first-order chi connectivity index (χ1) is 14.0. The van der Waals surface area contributed by atoms with Crippen molar-refractivity contribution in [3.05, 3.63) is 60.2 Å². The number of likely N-dealkylation sites (N-methyl/N-ethyl adjacent to an activating group) is 1. The van der Waals surface area contributed by atoms with Crippen molar-refractivity contribution in [2.45, 2.75) is 45.2 Å². The molecule has 0 unspecified atom stereocenters. The van der Waals surface area contributed by atoms with Crippen LogP contribution < -0.4 is 10.1 Å². The molecule has 154 valence electrons. The van der Waals surface area contributed by atoms with Crippen molar-refractivity contribution >= 4 is 11.7 Å². The van der Waals surface area contributed by atoms with Crippen LogP contribution in [0.3, 0.4) is 0 Å². The normalized spacial score (nSPS) is 18.3. The van der Waals surface area contributed by atoms with Gasteiger partial charge in [0.1, 0.15) is 17.3 Å². The lowest BCUT2D eigenvalue weighted by Crippen LogP contribution is -2.38. The second-order valence-electron chi connectivity index (χ2n) is 7.76. The molecule has 1 N–H and O–H groups in total. The average molecular weight is 395 g/mol. The number of carbonyl (C=O) groups is 2. The van der Waals surface area contributed by atoms with Gasteiger partial charge in [0.05, 0.1) is 12.1 Å². The van der Waals surface area contributed by atoms with Gasteiger partial charge in [0, 0.05) is 18.9 Å². The predicted octanol–water partition coefficient (Wildman–Crippen LogP) is 4.35. The number of rotatable bonds is 8. The van der Waals surface area contributed by atoms with E-state index in [0.717, 1.165) is 36.4 Å². The lowest BCUT2D eigenvalue weighted by atomic mass is 9.98. The van der Waals surface area contributed by atoms with E-state index in [9.17, 15) is 9.59 Å². The summed E-state index contributed by atoms with van der Waals surface area (Å²) in [5.74, 6) is 1.36. The first kappa shape index (κ1) is 21.1. The van der Waals surface area contributed by atoms with Crippen molar-refractivity contribution in [2.24, 2.45) is 5.92 Å². The van der Waals surface area contributed by atoms with Crippen LogP contribution in [0.15, 0.2) is 54.6 Å². The first-order valence-corrected chi connectivity index (χ1v) is 10.3. The molecule has 5 nitrogen and oxygen atoms in total. The van der Waals surface area contributed by atoms with Crippen molar-refractivity contribution in [2.75, 3.05) is 13.6 Å². The van der Waals surface area contributed by atoms with Gasteiger partial charge in [0.15, 0.2) is 0 Å². The zero-order valence-corrected chi connectivity index (χ0v) is 17.4. The molecule has 1 amide bonds. The number of para-hydroxylation sites is 1. The Morgan fingerprint density at radius 1 is 1.10 bits per heavy atom. The quantitative estimate of drug-likeness (QED) is 0.723. The van der Waals surface area contributed by atoms with Crippen LogP contribution in [0.25, 0.3) is 0 Å². The molecule has 3 atom stereocenters. The fourth-order valence-electron chi connectivity index (χ4n) is 3.80. The molecule has 5 heteroatoms. The Bertz CT molecular complexity index is 837. The van der Waals surface area contributed by atoms with E-state index in [4.69, 9.17) is 4.74 Å². The molecule has 0 saturated carbocycles. The molecule has 2 aromatic carbocycles. The summed E-state index contributed by atoms with van der Waals surface area (Å²) >= 11 is 0. The third-order valence-corrected chi connectivity index (χ3v) is 5.60. The summed E-state index contributed by atoms with van der Waals surface area (Å²) in [5, 5.41) is 2.95. The van der Waals surface area contributed by atoms with Gasteiger partial charge in [-0.3, -0.25) is 9.59 Å². The number of nitrogens with one attached hydrogen (secondary N) is 1. The van der Waals surface area contributed by atoms with Gasteiger partial charge in [-0.15, -0.1) is 0 Å². The van der Waals surface area contributed by atoms with Gasteiger partial charge >= 0.3 is 0 Å². The topological polar surface area (TPSA) is 58.6 Å². The summed E-state index contributed by atoms with van der Waals surface area (Å²) in [7, 11) is 1.76. The summed E-state index contributed by atoms with van der Waals surface area (Å²) in [5.41, 5.74) is 1.08. The SMILES string of the molecule is CN[C@@H](C)C(=O)C[C@@H](C)C(=O)N1CCC[C@H]1c1cccc(Oc2ccccc2)c1. The fraction of sp³-hybridized carbons (Fsp3) is 0.417. The van der Waals surface area contributed by atoms with E-state index in [2.05, 4.69) is 5.32 Å². The number of nitrogens with zero attached hydrogens (tertiary/aromatic N) is 1. The van der Waals surface area contributed by atoms with Crippen LogP contribution in [0.2, 0.25) is 0 Å². The number of carbonyl (C=O) groups excluding carboxylic acids is 2. The molecule has 1 aliphatic rings. The summed E-state index contributed by atoms with van der Waals surface area (Å²) < 4.78 is 5.96. The monoisotopic (exact) mass is 394 g/mol. The van der Waals surface area contributed by atoms with E-state index >= 15 is 0 Å². The highest BCUT2D eigenvalue weighted by atomic mass is 16.5. The zero-order chi connectivity index (χ0) is 20.8. The molecular weight excluding hydrogens is 364 g/mol. The molecule has 1 aliphatic heterocycles. The Kier molecular flexibility index (Phi) is 7.04. The van der Waals surface area contributed by atoms with Crippen molar-refractivity contribution < 1.29 is 14.3 Å². The van der Waals surface area contributed by atoms with Crippen LogP contribution in [-0.4, -0.2) is 36.2 Å². The molecule has 2 aromatic rings. The van der Waals surface area contributed by atoms with E-state index in [1.165, 1.54) is 0 Å². The maximum Gasteiger partial charge on any atom is 0.226 e. The molecule has 1 fully saturated rings. The number of likely N-dealkylation sites (tertiary alicyclic amines) is 1. The molecule has 1 saturated heterocycles. The summed E-state index contributed by atoms with van der Waals surface area (Å²) in [4.78, 5) is 27.2. The Morgan fingerprint density at radius 3 is 2.55 bits per heavy atom. The van der Waals surface area contributed by atoms with Gasteiger partial charge in [-0.25, -0.2) is 0 Å². The van der Waals surface area contributed by atoms with Crippen LogP contribution in [-0.2, 0) is 9.59 Å². The standard InChI is InChI=1S/C24H30N2O3/c1-17(15-23(27)18(2)25-3)24(28)26-14-8-13-22(26)19-9-7-12-21(16-19)29-20-10-5-4-6-11-20/h4-7,9-12,16-18,22,25H,8,13-15H2,1-3H3/t17-,18+,22+/m1/s1. The third-order valence-electron chi connectivity index (χ3n) is 5.60. The number of ether oxygens (including phenoxy) is 1. The number of amides is 1. The van der Waals surface area contributed by atoms with E-state index in [1.54, 1.807) is 7.05 Å². The van der Waals surface area contributed by atoms with Crippen LogP contribution in [0.5, 0.6) is 11.5 Å². The highest BCUT2D eigenvalue weighted by Gasteiger charge is 2.33. The van der Waals surface area contributed by atoms with Gasteiger partial charge in [0.2, 0.25) is 5.91 Å². The average Bonchev–Trinajstić information content (AvgIpc) is 3.23. The Labute approximate surface area is 173 Å². The lowest BCUT2D eigenvalue weighted by Gasteiger charge is -2.28. The molecule has 3 rings (SSSR count). The highest BCUT2D eigenvalue weighted by molar-refractivity contribution is 5.89. The van der Waals surface area contributed by atoms with Crippen LogP contribution >= 0.6 is 0 Å². The molecule has 1 heterocycles. The van der Waals surface area contributed by atoms with E-state index in [0.29, 0.717) is 0 Å². The van der Waals surface area contributed by atoms with Crippen molar-refractivity contribution in [1.82, 2.24) is 10.2 Å². The molecular formula is C24H30N2O3. The number of hydrogen-bond acceptors (Lipinski definition) is 4. The summed E-state index contributed by atoms with van der Waals surface area (Å²) in [6, 6.07) is 17.4. The maximum atomic E-state index is 13.1. The third kappa shape index (κ3) is 5.24. The minimum atomic E-state index is -0.317. The molecule has 29 heavy (non-hydrogen) atoms. The number of hydrogen-bond donors (Lipinski definition) is 1. The Morgan fingerprint density at radius 2 is 1.83 bits per heavy atom. The van der Waals surface area contributed by atoms with E-state index in [-0.39, 0.29) is 36.1 Å². The number of Topliss-reactive ketones (excluding diaryl/α,β-unsaturated/α-hetero) is 1. The minimum Gasteiger partial charge on any atom is -0.457 e. The highest BCUT2D eigenvalue weighted by Crippen LogP contribution is 2.35. The van der Waals surface area contributed by atoms with E-state index < -0.39 is 0 Å². The first-order valence-electron chi connectivity index (χ1n) is 10.3. The van der Waals surface area contributed by atoms with Gasteiger partial charge in [0.25, 0.3) is 0 Å². The van der Waals surface area contributed by atoms with Gasteiger partial charge in [-0.05, 0) is 56.6 Å². The van der Waals surface area contributed by atoms with Crippen molar-refractivity contribution in [1.29, 1.82) is 0 Å². The molecule has 0 aliphatic carbocycles. The molecule has 0 radical (unpaired) electrons. The van der Waals surface area contributed by atoms with Crippen LogP contribution in [0, 0.1) is 5.92 Å². The lowest BCUT2D eigenvalue weighted by molar-refractivity contribution is -0.138.